The first kappa shape index (κ1) is 18.5. The van der Waals surface area contributed by atoms with Gasteiger partial charge in [-0.05, 0) is 13.8 Å². The maximum atomic E-state index is 4.03. The summed E-state index contributed by atoms with van der Waals surface area (Å²) in [5.41, 5.74) is 5.44. The molecule has 0 amide bonds. The zero-order valence-corrected chi connectivity index (χ0v) is 16.9. The molecule has 1 N–H and O–H groups in total. The number of rotatable bonds is 3. The zero-order valence-electron chi connectivity index (χ0n) is 15.4. The van der Waals surface area contributed by atoms with Crippen LogP contribution in [-0.4, -0.2) is 5.54 Å². The summed E-state index contributed by atoms with van der Waals surface area (Å²) in [4.78, 5) is 0. The second-order valence-corrected chi connectivity index (χ2v) is 14.6. The molecule has 124 valence electrons. The molecule has 0 aromatic heterocycles. The number of fused-ring (bicyclic) bond motifs is 1. The fourth-order valence-electron chi connectivity index (χ4n) is 3.13. The quantitative estimate of drug-likeness (QED) is 0.508. The topological polar surface area (TPSA) is 12.0 Å². The number of hydrogen-bond acceptors (Lipinski definition) is 1. The average molecular weight is 345 g/mol. The maximum absolute atomic E-state index is 4.03. The van der Waals surface area contributed by atoms with E-state index < -0.39 is 16.8 Å². The molecular weight excluding hydrogens is 314 g/mol. The third-order valence-corrected chi connectivity index (χ3v) is 11.6. The van der Waals surface area contributed by atoms with Gasteiger partial charge in [-0.1, -0.05) is 24.3 Å². The molecule has 0 spiro atoms. The number of nitrogens with one attached hydrogen (secondary N) is 1. The van der Waals surface area contributed by atoms with Gasteiger partial charge < -0.3 is 0 Å². The van der Waals surface area contributed by atoms with E-state index in [1.807, 2.05) is 13.8 Å². The number of allylic oxidation sites excluding steroid dienone is 3. The van der Waals surface area contributed by atoms with Crippen LogP contribution in [0, 0.1) is 0 Å². The predicted molar refractivity (Wildman–Crippen MR) is 100 cm³/mol. The molecule has 1 atom stereocenters. The van der Waals surface area contributed by atoms with Gasteiger partial charge in [-0.15, -0.1) is 0 Å². The van der Waals surface area contributed by atoms with Crippen LogP contribution in [0.4, 0.5) is 0 Å². The van der Waals surface area contributed by atoms with Crippen molar-refractivity contribution in [3.63, 3.8) is 0 Å². The van der Waals surface area contributed by atoms with Gasteiger partial charge in [0.1, 0.15) is 0 Å². The summed E-state index contributed by atoms with van der Waals surface area (Å²) < 4.78 is 7.75. The van der Waals surface area contributed by atoms with Crippen molar-refractivity contribution >= 4 is 6.08 Å². The molecule has 1 unspecified atom stereocenters. The van der Waals surface area contributed by atoms with Gasteiger partial charge >= 0.3 is 108 Å². The fourth-order valence-corrected chi connectivity index (χ4v) is 11.3. The molecule has 1 fully saturated rings. The number of hydrogen-bond donors (Lipinski definition) is 1. The van der Waals surface area contributed by atoms with Crippen molar-refractivity contribution in [1.82, 2.24) is 3.80 Å². The molecule has 0 bridgehead atoms. The monoisotopic (exact) mass is 345 g/mol. The Morgan fingerprint density at radius 1 is 1.09 bits per heavy atom. The van der Waals surface area contributed by atoms with Crippen molar-refractivity contribution in [3.8, 4) is 0 Å². The summed E-state index contributed by atoms with van der Waals surface area (Å²) in [5, 5.41) is 0. The van der Waals surface area contributed by atoms with E-state index in [9.17, 15) is 0 Å². The van der Waals surface area contributed by atoms with E-state index >= 15 is 0 Å². The minimum atomic E-state index is -1.79. The van der Waals surface area contributed by atoms with Crippen LogP contribution in [0.5, 0.6) is 0 Å². The van der Waals surface area contributed by atoms with Gasteiger partial charge in [0.05, 0.1) is 0 Å². The second kappa shape index (κ2) is 6.93. The molecule has 1 heterocycles. The SMILES string of the molecule is C=C(C)C(=C)C.CC(C)(C)[NH][Ti]1([CH]2C=Cc3ccccc32)[CH2][CH2]1. The second-order valence-electron chi connectivity index (χ2n) is 8.06. The number of benzene rings is 1. The van der Waals surface area contributed by atoms with Crippen molar-refractivity contribution in [2.45, 2.75) is 53.8 Å². The van der Waals surface area contributed by atoms with Crippen molar-refractivity contribution in [3.05, 3.63) is 65.8 Å². The van der Waals surface area contributed by atoms with Gasteiger partial charge in [0.15, 0.2) is 0 Å². The molecule has 1 nitrogen and oxygen atoms in total. The molecule has 0 radical (unpaired) electrons. The normalized spacial score (nSPS) is 20.3. The summed E-state index contributed by atoms with van der Waals surface area (Å²) >= 11 is -1.79. The summed E-state index contributed by atoms with van der Waals surface area (Å²) in [5.74, 6) is 0. The Kier molecular flexibility index (Phi) is 5.56. The first-order valence-corrected chi connectivity index (χ1v) is 12.4. The molecule has 2 aliphatic rings. The third kappa shape index (κ3) is 4.79. The summed E-state index contributed by atoms with van der Waals surface area (Å²) in [7, 11) is 0. The molecule has 1 aliphatic carbocycles. The minimum absolute atomic E-state index is 0.280. The Bertz CT molecular complexity index is 617. The van der Waals surface area contributed by atoms with E-state index in [1.165, 1.54) is 15.0 Å². The Hall–Kier alpha value is -0.886. The van der Waals surface area contributed by atoms with Crippen molar-refractivity contribution in [1.29, 1.82) is 0 Å². The van der Waals surface area contributed by atoms with Gasteiger partial charge in [0.25, 0.3) is 0 Å². The summed E-state index contributed by atoms with van der Waals surface area (Å²) in [6.07, 6.45) is 4.80. The van der Waals surface area contributed by atoms with Gasteiger partial charge in [-0.2, -0.15) is 0 Å². The summed E-state index contributed by atoms with van der Waals surface area (Å²) in [6, 6.07) is 8.92. The van der Waals surface area contributed by atoms with E-state index in [2.05, 4.69) is 74.1 Å². The third-order valence-electron chi connectivity index (χ3n) is 4.54. The Balaban J connectivity index is 0.000000277. The zero-order chi connectivity index (χ0) is 17.3. The van der Waals surface area contributed by atoms with Gasteiger partial charge in [0.2, 0.25) is 0 Å². The van der Waals surface area contributed by atoms with E-state index in [4.69, 9.17) is 0 Å². The van der Waals surface area contributed by atoms with E-state index in [-0.39, 0.29) is 5.54 Å². The van der Waals surface area contributed by atoms with Gasteiger partial charge in [0, 0.05) is 0 Å². The fraction of sp³-hybridized carbons (Fsp3) is 0.429. The molecule has 1 aromatic carbocycles. The van der Waals surface area contributed by atoms with E-state index in [0.717, 1.165) is 15.4 Å². The van der Waals surface area contributed by atoms with Crippen LogP contribution in [0.15, 0.2) is 54.6 Å². The van der Waals surface area contributed by atoms with Crippen LogP contribution in [0.3, 0.4) is 0 Å². The Labute approximate surface area is 146 Å². The van der Waals surface area contributed by atoms with Crippen molar-refractivity contribution < 1.29 is 16.8 Å². The van der Waals surface area contributed by atoms with Crippen LogP contribution in [0.25, 0.3) is 6.08 Å². The van der Waals surface area contributed by atoms with Crippen molar-refractivity contribution in [2.24, 2.45) is 0 Å². The first-order chi connectivity index (χ1) is 10.6. The van der Waals surface area contributed by atoms with Crippen LogP contribution < -0.4 is 3.80 Å². The Morgan fingerprint density at radius 2 is 1.65 bits per heavy atom. The van der Waals surface area contributed by atoms with E-state index in [0.29, 0.717) is 0 Å². The molecule has 2 heteroatoms. The van der Waals surface area contributed by atoms with Crippen LogP contribution >= 0.6 is 0 Å². The molecule has 0 saturated carbocycles. The predicted octanol–water partition coefficient (Wildman–Crippen LogP) is 6.20. The summed E-state index contributed by atoms with van der Waals surface area (Å²) in [6.45, 7) is 18.1. The molecule has 1 saturated heterocycles. The molecule has 23 heavy (non-hydrogen) atoms. The standard InChI is InChI=1S/C9H7.C6H10.C4H10N.C2H4.Ti/c1-2-5-9-7-3-6-8(9)4-1;1-5(2)6(3)4;1-4(2,3)5;1-2;/h1-7H;1,3H2,2,4H3;5H,1-3H3;1-2H2;/q;;-1;;+1. The first-order valence-electron chi connectivity index (χ1n) is 8.52. The van der Waals surface area contributed by atoms with Crippen LogP contribution in [0.2, 0.25) is 9.45 Å². The molecule has 3 rings (SSSR count). The van der Waals surface area contributed by atoms with E-state index in [1.54, 1.807) is 5.56 Å². The van der Waals surface area contributed by atoms with Crippen LogP contribution in [0.1, 0.15) is 50.0 Å². The van der Waals surface area contributed by atoms with Crippen molar-refractivity contribution in [2.75, 3.05) is 0 Å². The average Bonchev–Trinajstić information content (AvgIpc) is 3.06. The molecule has 1 aromatic rings. The molecule has 1 aliphatic heterocycles. The van der Waals surface area contributed by atoms with Gasteiger partial charge in [-0.3, -0.25) is 0 Å². The van der Waals surface area contributed by atoms with Crippen LogP contribution in [-0.2, 0) is 16.8 Å². The Morgan fingerprint density at radius 3 is 2.13 bits per heavy atom. The molecular formula is C21H31NTi. The van der Waals surface area contributed by atoms with Gasteiger partial charge in [-0.25, -0.2) is 0 Å².